The number of aliphatic carboxylic acids is 1. The Labute approximate surface area is 79.7 Å². The zero-order chi connectivity index (χ0) is 10.0. The van der Waals surface area contributed by atoms with E-state index in [4.69, 9.17) is 9.84 Å². The molecule has 0 amide bonds. The molecule has 14 heavy (non-hydrogen) atoms. The van der Waals surface area contributed by atoms with Crippen LogP contribution in [0.15, 0.2) is 0 Å². The van der Waals surface area contributed by atoms with Crippen LogP contribution in [0.2, 0.25) is 0 Å². The van der Waals surface area contributed by atoms with Gasteiger partial charge in [0, 0.05) is 11.8 Å². The van der Waals surface area contributed by atoms with E-state index in [2.05, 4.69) is 0 Å². The molecular weight excluding hydrogens is 188 g/mol. The van der Waals surface area contributed by atoms with E-state index in [-0.39, 0.29) is 11.8 Å². The number of fused-ring (bicyclic) bond motifs is 1. The van der Waals surface area contributed by atoms with Crippen LogP contribution in [0, 0.1) is 23.7 Å². The Kier molecular flexibility index (Phi) is 1.34. The third-order valence-electron chi connectivity index (χ3n) is 3.86. The predicted molar refractivity (Wildman–Crippen MR) is 42.1 cm³/mol. The largest absolute Gasteiger partial charge is 0.481 e. The average Bonchev–Trinajstić information content (AvgIpc) is 2.67. The first kappa shape index (κ1) is 8.23. The van der Waals surface area contributed by atoms with Crippen LogP contribution < -0.4 is 0 Å². The van der Waals surface area contributed by atoms with Gasteiger partial charge < -0.3 is 14.9 Å². The van der Waals surface area contributed by atoms with E-state index in [9.17, 15) is 14.7 Å². The first-order valence-electron chi connectivity index (χ1n) is 4.72. The van der Waals surface area contributed by atoms with Crippen LogP contribution in [0.1, 0.15) is 6.42 Å². The highest BCUT2D eigenvalue weighted by molar-refractivity contribution is 5.85. The minimum Gasteiger partial charge on any atom is -0.481 e. The minimum atomic E-state index is -0.987. The molecule has 5 nitrogen and oxygen atoms in total. The Morgan fingerprint density at radius 1 is 1.43 bits per heavy atom. The fourth-order valence-corrected chi connectivity index (χ4v) is 3.36. The summed E-state index contributed by atoms with van der Waals surface area (Å²) < 4.78 is 4.98. The van der Waals surface area contributed by atoms with E-state index in [1.165, 1.54) is 0 Å². The summed E-state index contributed by atoms with van der Waals surface area (Å²) in [5, 5.41) is 18.7. The number of carboxylic acids is 1. The van der Waals surface area contributed by atoms with Gasteiger partial charge in [0.05, 0.1) is 17.9 Å². The van der Waals surface area contributed by atoms with Gasteiger partial charge in [-0.05, 0) is 6.42 Å². The maximum Gasteiger partial charge on any atom is 0.310 e. The van der Waals surface area contributed by atoms with Crippen LogP contribution in [0.25, 0.3) is 0 Å². The zero-order valence-electron chi connectivity index (χ0n) is 7.29. The van der Waals surface area contributed by atoms with Crippen molar-refractivity contribution in [2.75, 3.05) is 0 Å². The lowest BCUT2D eigenvalue weighted by atomic mass is 9.79. The Morgan fingerprint density at radius 2 is 2.14 bits per heavy atom. The standard InChI is InChI=1S/C9H10O5/c10-6-2-1-3-5(4(2)8(11)12)9(13)14-7(3)6/h2-7,10H,1H2,(H,11,12)/t2-,3-,4+,5-,6+,7-/m0/s1. The van der Waals surface area contributed by atoms with Crippen molar-refractivity contribution in [1.29, 1.82) is 0 Å². The van der Waals surface area contributed by atoms with Gasteiger partial charge in [-0.3, -0.25) is 9.59 Å². The highest BCUT2D eigenvalue weighted by atomic mass is 16.6. The number of aliphatic hydroxyl groups is 1. The molecule has 2 aliphatic carbocycles. The summed E-state index contributed by atoms with van der Waals surface area (Å²) in [6, 6.07) is 0. The molecule has 2 N–H and O–H groups in total. The lowest BCUT2D eigenvalue weighted by molar-refractivity contribution is -0.151. The van der Waals surface area contributed by atoms with Crippen molar-refractivity contribution >= 4 is 11.9 Å². The topological polar surface area (TPSA) is 83.8 Å². The zero-order valence-corrected chi connectivity index (χ0v) is 7.29. The highest BCUT2D eigenvalue weighted by Gasteiger charge is 2.68. The van der Waals surface area contributed by atoms with Gasteiger partial charge in [0.2, 0.25) is 0 Å². The Bertz CT molecular complexity index is 325. The van der Waals surface area contributed by atoms with Crippen molar-refractivity contribution in [3.63, 3.8) is 0 Å². The molecule has 1 saturated heterocycles. The molecule has 0 aromatic heterocycles. The van der Waals surface area contributed by atoms with E-state index in [1.807, 2.05) is 0 Å². The molecule has 0 aromatic rings. The quantitative estimate of drug-likeness (QED) is 0.541. The third kappa shape index (κ3) is 0.706. The number of carbonyl (C=O) groups is 2. The number of hydrogen-bond donors (Lipinski definition) is 2. The van der Waals surface area contributed by atoms with Gasteiger partial charge in [0.25, 0.3) is 0 Å². The van der Waals surface area contributed by atoms with Gasteiger partial charge in [0.1, 0.15) is 6.10 Å². The van der Waals surface area contributed by atoms with Gasteiger partial charge in [-0.25, -0.2) is 0 Å². The number of hydrogen-bond acceptors (Lipinski definition) is 4. The van der Waals surface area contributed by atoms with Gasteiger partial charge >= 0.3 is 11.9 Å². The molecule has 0 aromatic carbocycles. The molecule has 0 spiro atoms. The van der Waals surface area contributed by atoms with Crippen LogP contribution in [0.4, 0.5) is 0 Å². The van der Waals surface area contributed by atoms with Crippen molar-refractivity contribution in [2.24, 2.45) is 23.7 Å². The monoisotopic (exact) mass is 198 g/mol. The second kappa shape index (κ2) is 2.28. The van der Waals surface area contributed by atoms with Crippen molar-refractivity contribution in [3.05, 3.63) is 0 Å². The van der Waals surface area contributed by atoms with Gasteiger partial charge in [-0.2, -0.15) is 0 Å². The SMILES string of the molecule is O=C(O)[C@@H]1[C@@H]2C[C@@H]3[C@H](OC(=O)[C@@H]31)[C@@H]2O. The summed E-state index contributed by atoms with van der Waals surface area (Å²) in [6.07, 6.45) is -0.601. The number of carboxylic acid groups (broad SMARTS) is 1. The Hall–Kier alpha value is -1.10. The second-order valence-electron chi connectivity index (χ2n) is 4.35. The first-order chi connectivity index (χ1) is 6.61. The number of rotatable bonds is 1. The van der Waals surface area contributed by atoms with Gasteiger partial charge in [-0.15, -0.1) is 0 Å². The molecule has 76 valence electrons. The van der Waals surface area contributed by atoms with Crippen molar-refractivity contribution in [1.82, 2.24) is 0 Å². The summed E-state index contributed by atoms with van der Waals surface area (Å²) >= 11 is 0. The molecule has 1 aliphatic heterocycles. The van der Waals surface area contributed by atoms with E-state index in [0.29, 0.717) is 6.42 Å². The van der Waals surface area contributed by atoms with Crippen LogP contribution in [-0.4, -0.2) is 34.4 Å². The Balaban J connectivity index is 2.04. The first-order valence-corrected chi connectivity index (χ1v) is 4.72. The Morgan fingerprint density at radius 3 is 2.79 bits per heavy atom. The maximum atomic E-state index is 11.4. The van der Waals surface area contributed by atoms with Crippen molar-refractivity contribution < 1.29 is 24.5 Å². The molecule has 2 bridgehead atoms. The molecule has 5 heteroatoms. The molecule has 0 radical (unpaired) electrons. The number of aliphatic hydroxyl groups excluding tert-OH is 1. The molecule has 1 heterocycles. The van der Waals surface area contributed by atoms with Crippen LogP contribution in [-0.2, 0) is 14.3 Å². The lowest BCUT2D eigenvalue weighted by Crippen LogP contribution is -2.40. The summed E-state index contributed by atoms with van der Waals surface area (Å²) in [5.74, 6) is -3.03. The fourth-order valence-electron chi connectivity index (χ4n) is 3.36. The number of carbonyl (C=O) groups excluding carboxylic acids is 1. The van der Waals surface area contributed by atoms with E-state index >= 15 is 0 Å². The second-order valence-corrected chi connectivity index (χ2v) is 4.35. The minimum absolute atomic E-state index is 0.0661. The van der Waals surface area contributed by atoms with E-state index in [1.54, 1.807) is 0 Å². The van der Waals surface area contributed by atoms with E-state index < -0.39 is 36.0 Å². The van der Waals surface area contributed by atoms with Gasteiger partial charge in [-0.1, -0.05) is 0 Å². The average molecular weight is 198 g/mol. The number of ether oxygens (including phenoxy) is 1. The molecule has 3 fully saturated rings. The van der Waals surface area contributed by atoms with Crippen molar-refractivity contribution in [2.45, 2.75) is 18.6 Å². The predicted octanol–water partition coefficient (Wildman–Crippen LogP) is -0.761. The maximum absolute atomic E-state index is 11.4. The molecule has 3 rings (SSSR count). The summed E-state index contributed by atoms with van der Waals surface area (Å²) in [6.45, 7) is 0. The number of esters is 1. The van der Waals surface area contributed by atoms with Crippen molar-refractivity contribution in [3.8, 4) is 0 Å². The lowest BCUT2D eigenvalue weighted by Gasteiger charge is -2.25. The molecule has 0 unspecified atom stereocenters. The summed E-state index contributed by atoms with van der Waals surface area (Å²) in [5.41, 5.74) is 0. The fraction of sp³-hybridized carbons (Fsp3) is 0.778. The summed E-state index contributed by atoms with van der Waals surface area (Å²) in [4.78, 5) is 22.3. The summed E-state index contributed by atoms with van der Waals surface area (Å²) in [7, 11) is 0. The van der Waals surface area contributed by atoms with Crippen LogP contribution >= 0.6 is 0 Å². The smallest absolute Gasteiger partial charge is 0.310 e. The van der Waals surface area contributed by atoms with Gasteiger partial charge in [0.15, 0.2) is 0 Å². The third-order valence-corrected chi connectivity index (χ3v) is 3.86. The van der Waals surface area contributed by atoms with E-state index in [0.717, 1.165) is 0 Å². The molecule has 3 aliphatic rings. The highest BCUT2D eigenvalue weighted by Crippen LogP contribution is 2.57. The normalized spacial score (nSPS) is 53.6. The molecule has 6 atom stereocenters. The van der Waals surface area contributed by atoms with Crippen LogP contribution in [0.3, 0.4) is 0 Å². The molecular formula is C9H10O5. The molecule has 2 saturated carbocycles. The van der Waals surface area contributed by atoms with Crippen LogP contribution in [0.5, 0.6) is 0 Å².